The largest absolute Gasteiger partial charge is 0.494 e. The van der Waals surface area contributed by atoms with Crippen molar-refractivity contribution in [2.75, 3.05) is 13.2 Å². The van der Waals surface area contributed by atoms with Crippen molar-refractivity contribution >= 4 is 6.09 Å². The van der Waals surface area contributed by atoms with Crippen LogP contribution in [-0.4, -0.2) is 25.3 Å². The third kappa shape index (κ3) is 2.45. The number of carbonyl (C=O) groups is 1. The molecule has 0 spiro atoms. The number of ether oxygens (including phenoxy) is 2. The summed E-state index contributed by atoms with van der Waals surface area (Å²) < 4.78 is 10.6. The summed E-state index contributed by atoms with van der Waals surface area (Å²) in [6.45, 7) is 3.16. The van der Waals surface area contributed by atoms with Crippen molar-refractivity contribution in [2.24, 2.45) is 0 Å². The van der Waals surface area contributed by atoms with Gasteiger partial charge in [-0.05, 0) is 18.6 Å². The first-order valence-corrected chi connectivity index (χ1v) is 5.44. The molecular formula is C12H15NO3. The Morgan fingerprint density at radius 2 is 2.31 bits per heavy atom. The second kappa shape index (κ2) is 4.88. The van der Waals surface area contributed by atoms with Crippen LogP contribution in [0.15, 0.2) is 24.3 Å². The van der Waals surface area contributed by atoms with Crippen LogP contribution >= 0.6 is 0 Å². The number of cyclic esters (lactones) is 1. The Labute approximate surface area is 94.6 Å². The van der Waals surface area contributed by atoms with Gasteiger partial charge >= 0.3 is 6.09 Å². The summed E-state index contributed by atoms with van der Waals surface area (Å²) in [7, 11) is 0. The van der Waals surface area contributed by atoms with Crippen LogP contribution in [0.5, 0.6) is 5.75 Å². The van der Waals surface area contributed by atoms with Gasteiger partial charge in [0, 0.05) is 6.42 Å². The predicted molar refractivity (Wildman–Crippen MR) is 59.6 cm³/mol. The minimum Gasteiger partial charge on any atom is -0.494 e. The van der Waals surface area contributed by atoms with Crippen LogP contribution in [-0.2, 0) is 11.2 Å². The molecule has 1 aromatic carbocycles. The van der Waals surface area contributed by atoms with Crippen LogP contribution in [0, 0.1) is 0 Å². The van der Waals surface area contributed by atoms with E-state index in [9.17, 15) is 4.79 Å². The van der Waals surface area contributed by atoms with E-state index in [2.05, 4.69) is 5.32 Å². The summed E-state index contributed by atoms with van der Waals surface area (Å²) in [4.78, 5) is 10.9. The SMILES string of the molecule is CCOc1ccccc1CC1CNC(=O)O1. The number of hydrogen-bond acceptors (Lipinski definition) is 3. The van der Waals surface area contributed by atoms with Gasteiger partial charge in [-0.2, -0.15) is 0 Å². The number of alkyl carbamates (subject to hydrolysis) is 1. The van der Waals surface area contributed by atoms with Crippen molar-refractivity contribution < 1.29 is 14.3 Å². The molecule has 0 radical (unpaired) electrons. The van der Waals surface area contributed by atoms with E-state index in [1.54, 1.807) is 0 Å². The molecule has 0 bridgehead atoms. The molecule has 1 unspecified atom stereocenters. The normalized spacial score (nSPS) is 19.1. The van der Waals surface area contributed by atoms with Crippen molar-refractivity contribution in [3.05, 3.63) is 29.8 Å². The minimum absolute atomic E-state index is 0.0888. The van der Waals surface area contributed by atoms with Crippen molar-refractivity contribution in [2.45, 2.75) is 19.4 Å². The van der Waals surface area contributed by atoms with E-state index >= 15 is 0 Å². The Hall–Kier alpha value is -1.71. The Kier molecular flexibility index (Phi) is 3.29. The molecule has 1 saturated heterocycles. The molecule has 1 fully saturated rings. The van der Waals surface area contributed by atoms with Gasteiger partial charge in [0.1, 0.15) is 11.9 Å². The number of rotatable bonds is 4. The molecule has 1 aromatic rings. The summed E-state index contributed by atoms with van der Waals surface area (Å²) in [5, 5.41) is 2.64. The highest BCUT2D eigenvalue weighted by Crippen LogP contribution is 2.21. The lowest BCUT2D eigenvalue weighted by Crippen LogP contribution is -2.17. The van der Waals surface area contributed by atoms with Gasteiger partial charge in [0.25, 0.3) is 0 Å². The number of amides is 1. The highest BCUT2D eigenvalue weighted by atomic mass is 16.6. The van der Waals surface area contributed by atoms with E-state index in [0.717, 1.165) is 11.3 Å². The maximum atomic E-state index is 10.9. The molecule has 0 aliphatic carbocycles. The van der Waals surface area contributed by atoms with Gasteiger partial charge < -0.3 is 14.8 Å². The van der Waals surface area contributed by atoms with Gasteiger partial charge in [0.05, 0.1) is 13.2 Å². The molecular weight excluding hydrogens is 206 g/mol. The number of carbonyl (C=O) groups excluding carboxylic acids is 1. The summed E-state index contributed by atoms with van der Waals surface area (Å²) in [5.74, 6) is 0.868. The highest BCUT2D eigenvalue weighted by molar-refractivity contribution is 5.69. The zero-order valence-electron chi connectivity index (χ0n) is 9.23. The van der Waals surface area contributed by atoms with Crippen molar-refractivity contribution in [1.82, 2.24) is 5.32 Å². The molecule has 16 heavy (non-hydrogen) atoms. The summed E-state index contributed by atoms with van der Waals surface area (Å²) >= 11 is 0. The zero-order valence-corrected chi connectivity index (χ0v) is 9.23. The summed E-state index contributed by atoms with van der Waals surface area (Å²) in [6, 6.07) is 7.83. The summed E-state index contributed by atoms with van der Waals surface area (Å²) in [5.41, 5.74) is 1.07. The monoisotopic (exact) mass is 221 g/mol. The topological polar surface area (TPSA) is 47.6 Å². The van der Waals surface area contributed by atoms with Gasteiger partial charge in [-0.3, -0.25) is 0 Å². The van der Waals surface area contributed by atoms with Crippen LogP contribution in [0.1, 0.15) is 12.5 Å². The smallest absolute Gasteiger partial charge is 0.407 e. The first-order valence-electron chi connectivity index (χ1n) is 5.44. The Morgan fingerprint density at radius 1 is 1.50 bits per heavy atom. The van der Waals surface area contributed by atoms with E-state index in [1.165, 1.54) is 0 Å². The lowest BCUT2D eigenvalue weighted by atomic mass is 10.1. The second-order valence-electron chi connectivity index (χ2n) is 3.65. The molecule has 1 aliphatic heterocycles. The summed E-state index contributed by atoms with van der Waals surface area (Å²) in [6.07, 6.45) is 0.266. The van der Waals surface area contributed by atoms with Crippen molar-refractivity contribution in [1.29, 1.82) is 0 Å². The first kappa shape index (κ1) is 10.8. The van der Waals surface area contributed by atoms with Gasteiger partial charge in [-0.25, -0.2) is 4.79 Å². The van der Waals surface area contributed by atoms with Crippen molar-refractivity contribution in [3.8, 4) is 5.75 Å². The Balaban J connectivity index is 2.05. The number of para-hydroxylation sites is 1. The lowest BCUT2D eigenvalue weighted by Gasteiger charge is -2.12. The van der Waals surface area contributed by atoms with E-state index in [4.69, 9.17) is 9.47 Å². The van der Waals surface area contributed by atoms with Crippen LogP contribution in [0.3, 0.4) is 0 Å². The fourth-order valence-electron chi connectivity index (χ4n) is 1.76. The standard InChI is InChI=1S/C12H15NO3/c1-2-15-11-6-4-3-5-9(11)7-10-8-13-12(14)16-10/h3-6,10H,2,7-8H2,1H3,(H,13,14). The maximum absolute atomic E-state index is 10.9. The van der Waals surface area contributed by atoms with Gasteiger partial charge in [-0.1, -0.05) is 18.2 Å². The quantitative estimate of drug-likeness (QED) is 0.842. The molecule has 1 N–H and O–H groups in total. The van der Waals surface area contributed by atoms with E-state index < -0.39 is 0 Å². The molecule has 1 aliphatic rings. The second-order valence-corrected chi connectivity index (χ2v) is 3.65. The molecule has 1 atom stereocenters. The molecule has 2 rings (SSSR count). The van der Waals surface area contributed by atoms with Gasteiger partial charge in [0.15, 0.2) is 0 Å². The molecule has 1 heterocycles. The zero-order chi connectivity index (χ0) is 11.4. The average molecular weight is 221 g/mol. The fourth-order valence-corrected chi connectivity index (χ4v) is 1.76. The molecule has 86 valence electrons. The lowest BCUT2D eigenvalue weighted by molar-refractivity contribution is 0.140. The average Bonchev–Trinajstić information content (AvgIpc) is 2.67. The van der Waals surface area contributed by atoms with E-state index in [-0.39, 0.29) is 12.2 Å². The third-order valence-electron chi connectivity index (χ3n) is 2.47. The molecule has 1 amide bonds. The molecule has 0 saturated carbocycles. The molecule has 4 heteroatoms. The van der Waals surface area contributed by atoms with Gasteiger partial charge in [0.2, 0.25) is 0 Å². The Bertz CT molecular complexity index is 378. The molecule has 0 aromatic heterocycles. The van der Waals surface area contributed by atoms with Crippen LogP contribution in [0.2, 0.25) is 0 Å². The van der Waals surface area contributed by atoms with Crippen LogP contribution < -0.4 is 10.1 Å². The van der Waals surface area contributed by atoms with Crippen LogP contribution in [0.25, 0.3) is 0 Å². The number of nitrogens with one attached hydrogen (secondary N) is 1. The van der Waals surface area contributed by atoms with Crippen molar-refractivity contribution in [3.63, 3.8) is 0 Å². The van der Waals surface area contributed by atoms with E-state index in [1.807, 2.05) is 31.2 Å². The number of hydrogen-bond donors (Lipinski definition) is 1. The van der Waals surface area contributed by atoms with Crippen LogP contribution in [0.4, 0.5) is 4.79 Å². The van der Waals surface area contributed by atoms with Gasteiger partial charge in [-0.15, -0.1) is 0 Å². The molecule has 4 nitrogen and oxygen atoms in total. The predicted octanol–water partition coefficient (Wildman–Crippen LogP) is 1.74. The first-order chi connectivity index (χ1) is 7.79. The third-order valence-corrected chi connectivity index (χ3v) is 2.47. The number of benzene rings is 1. The Morgan fingerprint density at radius 3 is 3.00 bits per heavy atom. The highest BCUT2D eigenvalue weighted by Gasteiger charge is 2.23. The van der Waals surface area contributed by atoms with E-state index in [0.29, 0.717) is 19.6 Å². The maximum Gasteiger partial charge on any atom is 0.407 e. The minimum atomic E-state index is -0.334. The fraction of sp³-hybridized carbons (Fsp3) is 0.417.